The van der Waals surface area contributed by atoms with E-state index in [0.29, 0.717) is 0 Å². The lowest BCUT2D eigenvalue weighted by molar-refractivity contribution is -0.137. The zero-order valence-corrected chi connectivity index (χ0v) is 14.0. The molecule has 0 aliphatic heterocycles. The maximum atomic E-state index is 12.6. The van der Waals surface area contributed by atoms with Crippen LogP contribution in [0, 0.1) is 0 Å². The summed E-state index contributed by atoms with van der Waals surface area (Å²) < 4.78 is 5.88. The largest absolute Gasteiger partial charge is 0.361 e. The van der Waals surface area contributed by atoms with Crippen LogP contribution in [-0.4, -0.2) is 17.6 Å². The van der Waals surface area contributed by atoms with Gasteiger partial charge in [-0.2, -0.15) is 0 Å². The second-order valence-electron chi connectivity index (χ2n) is 6.91. The van der Waals surface area contributed by atoms with Crippen molar-refractivity contribution in [2.75, 3.05) is 0 Å². The summed E-state index contributed by atoms with van der Waals surface area (Å²) in [7, 11) is 0. The normalized spacial score (nSPS) is 13.4. The summed E-state index contributed by atoms with van der Waals surface area (Å²) in [6.07, 6.45) is -0.619. The minimum absolute atomic E-state index is 0.0258. The maximum absolute atomic E-state index is 12.6. The number of carbonyl (C=O) groups is 1. The van der Waals surface area contributed by atoms with Gasteiger partial charge in [-0.1, -0.05) is 36.4 Å². The van der Waals surface area contributed by atoms with Crippen LogP contribution in [0.5, 0.6) is 0 Å². The van der Waals surface area contributed by atoms with Gasteiger partial charge >= 0.3 is 0 Å². The van der Waals surface area contributed by atoms with Gasteiger partial charge in [0.25, 0.3) is 5.91 Å². The molecule has 0 aromatic heterocycles. The van der Waals surface area contributed by atoms with E-state index in [1.165, 1.54) is 0 Å². The van der Waals surface area contributed by atoms with Crippen LogP contribution in [0.2, 0.25) is 0 Å². The molecule has 0 bridgehead atoms. The molecule has 1 N–H and O–H groups in total. The molecular weight excluding hydrogens is 274 g/mol. The average Bonchev–Trinajstić information content (AvgIpc) is 2.42. The minimum atomic E-state index is -0.594. The molecular formula is C19H25NO2. The van der Waals surface area contributed by atoms with Crippen LogP contribution in [0.25, 0.3) is 10.8 Å². The highest BCUT2D eigenvalue weighted by molar-refractivity contribution is 5.87. The van der Waals surface area contributed by atoms with E-state index in [-0.39, 0.29) is 17.6 Å². The van der Waals surface area contributed by atoms with E-state index in [0.717, 1.165) is 16.3 Å². The fourth-order valence-corrected chi connectivity index (χ4v) is 2.37. The Balaban J connectivity index is 2.36. The summed E-state index contributed by atoms with van der Waals surface area (Å²) in [6, 6.07) is 14.2. The standard InChI is InChI=1S/C19H25NO2/c1-13(2)22-17(18(21)20-19(3,4)5)16-11-10-14-8-6-7-9-15(14)12-16/h6-13,17H,1-5H3,(H,20,21). The molecule has 0 aliphatic carbocycles. The van der Waals surface area contributed by atoms with Gasteiger partial charge in [0.1, 0.15) is 0 Å². The zero-order chi connectivity index (χ0) is 16.3. The lowest BCUT2D eigenvalue weighted by Gasteiger charge is -2.26. The van der Waals surface area contributed by atoms with Gasteiger partial charge in [0.05, 0.1) is 6.10 Å². The summed E-state index contributed by atoms with van der Waals surface area (Å²) in [6.45, 7) is 9.80. The Hall–Kier alpha value is -1.87. The number of benzene rings is 2. The molecule has 0 spiro atoms. The highest BCUT2D eigenvalue weighted by Gasteiger charge is 2.26. The molecule has 0 saturated carbocycles. The number of rotatable bonds is 4. The zero-order valence-electron chi connectivity index (χ0n) is 14.0. The minimum Gasteiger partial charge on any atom is -0.361 e. The Morgan fingerprint density at radius 3 is 2.27 bits per heavy atom. The number of carbonyl (C=O) groups excluding carboxylic acids is 1. The van der Waals surface area contributed by atoms with Crippen molar-refractivity contribution in [3.8, 4) is 0 Å². The molecule has 22 heavy (non-hydrogen) atoms. The van der Waals surface area contributed by atoms with Gasteiger partial charge in [0.2, 0.25) is 0 Å². The van der Waals surface area contributed by atoms with Crippen molar-refractivity contribution in [3.63, 3.8) is 0 Å². The molecule has 1 unspecified atom stereocenters. The number of amides is 1. The van der Waals surface area contributed by atoms with Gasteiger partial charge < -0.3 is 10.1 Å². The van der Waals surface area contributed by atoms with E-state index < -0.39 is 6.10 Å². The number of nitrogens with one attached hydrogen (secondary N) is 1. The third kappa shape index (κ3) is 4.31. The van der Waals surface area contributed by atoms with Gasteiger partial charge in [-0.3, -0.25) is 4.79 Å². The molecule has 2 aromatic rings. The van der Waals surface area contributed by atoms with Gasteiger partial charge in [0, 0.05) is 5.54 Å². The average molecular weight is 299 g/mol. The lowest BCUT2D eigenvalue weighted by atomic mass is 10.0. The van der Waals surface area contributed by atoms with Crippen LogP contribution < -0.4 is 5.32 Å². The van der Waals surface area contributed by atoms with E-state index in [1.54, 1.807) is 0 Å². The fourth-order valence-electron chi connectivity index (χ4n) is 2.37. The van der Waals surface area contributed by atoms with Crippen molar-refractivity contribution in [2.24, 2.45) is 0 Å². The van der Waals surface area contributed by atoms with Gasteiger partial charge in [-0.15, -0.1) is 0 Å². The Morgan fingerprint density at radius 1 is 1.05 bits per heavy atom. The fraction of sp³-hybridized carbons (Fsp3) is 0.421. The molecule has 2 aromatic carbocycles. The maximum Gasteiger partial charge on any atom is 0.254 e. The van der Waals surface area contributed by atoms with Gasteiger partial charge in [-0.05, 0) is 57.0 Å². The van der Waals surface area contributed by atoms with Crippen molar-refractivity contribution in [1.82, 2.24) is 5.32 Å². The van der Waals surface area contributed by atoms with Crippen molar-refractivity contribution >= 4 is 16.7 Å². The molecule has 0 heterocycles. The van der Waals surface area contributed by atoms with E-state index in [4.69, 9.17) is 4.74 Å². The third-order valence-corrected chi connectivity index (χ3v) is 3.22. The van der Waals surface area contributed by atoms with E-state index in [2.05, 4.69) is 11.4 Å². The summed E-state index contributed by atoms with van der Waals surface area (Å²) in [5, 5.41) is 5.28. The van der Waals surface area contributed by atoms with Crippen LogP contribution in [0.15, 0.2) is 42.5 Å². The van der Waals surface area contributed by atoms with Crippen LogP contribution in [-0.2, 0) is 9.53 Å². The molecule has 0 saturated heterocycles. The first kappa shape index (κ1) is 16.5. The highest BCUT2D eigenvalue weighted by Crippen LogP contribution is 2.25. The molecule has 118 valence electrons. The first-order valence-corrected chi connectivity index (χ1v) is 7.72. The SMILES string of the molecule is CC(C)OC(C(=O)NC(C)(C)C)c1ccc2ccccc2c1. The van der Waals surface area contributed by atoms with Crippen LogP contribution in [0.1, 0.15) is 46.3 Å². The number of hydrogen-bond donors (Lipinski definition) is 1. The summed E-state index contributed by atoms with van der Waals surface area (Å²) in [5.41, 5.74) is 0.598. The lowest BCUT2D eigenvalue weighted by Crippen LogP contribution is -2.44. The molecule has 1 amide bonds. The van der Waals surface area contributed by atoms with Crippen LogP contribution >= 0.6 is 0 Å². The number of ether oxygens (including phenoxy) is 1. The van der Waals surface area contributed by atoms with Crippen molar-refractivity contribution in [2.45, 2.75) is 52.4 Å². The molecule has 3 heteroatoms. The quantitative estimate of drug-likeness (QED) is 0.918. The van der Waals surface area contributed by atoms with Gasteiger partial charge in [-0.25, -0.2) is 0 Å². The van der Waals surface area contributed by atoms with E-state index in [9.17, 15) is 4.79 Å². The number of fused-ring (bicyclic) bond motifs is 1. The Kier molecular flexibility index (Phi) is 4.87. The molecule has 0 radical (unpaired) electrons. The van der Waals surface area contributed by atoms with Crippen molar-refractivity contribution < 1.29 is 9.53 Å². The summed E-state index contributed by atoms with van der Waals surface area (Å²) >= 11 is 0. The second-order valence-corrected chi connectivity index (χ2v) is 6.91. The number of hydrogen-bond acceptors (Lipinski definition) is 2. The van der Waals surface area contributed by atoms with E-state index in [1.807, 2.05) is 71.0 Å². The Labute approximate surface area is 132 Å². The smallest absolute Gasteiger partial charge is 0.254 e. The Morgan fingerprint density at radius 2 is 1.68 bits per heavy atom. The third-order valence-electron chi connectivity index (χ3n) is 3.22. The first-order valence-electron chi connectivity index (χ1n) is 7.72. The van der Waals surface area contributed by atoms with Crippen molar-refractivity contribution in [3.05, 3.63) is 48.0 Å². The summed E-state index contributed by atoms with van der Waals surface area (Å²) in [4.78, 5) is 12.6. The first-order chi connectivity index (χ1) is 10.3. The van der Waals surface area contributed by atoms with E-state index >= 15 is 0 Å². The topological polar surface area (TPSA) is 38.3 Å². The molecule has 0 fully saturated rings. The Bertz CT molecular complexity index is 656. The summed E-state index contributed by atoms with van der Waals surface area (Å²) in [5.74, 6) is -0.100. The molecule has 2 rings (SSSR count). The molecule has 1 atom stereocenters. The van der Waals surface area contributed by atoms with Crippen molar-refractivity contribution in [1.29, 1.82) is 0 Å². The highest BCUT2D eigenvalue weighted by atomic mass is 16.5. The molecule has 3 nitrogen and oxygen atoms in total. The predicted octanol–water partition coefficient (Wildman–Crippen LogP) is 4.22. The van der Waals surface area contributed by atoms with Crippen LogP contribution in [0.3, 0.4) is 0 Å². The second kappa shape index (κ2) is 6.49. The monoisotopic (exact) mass is 299 g/mol. The van der Waals surface area contributed by atoms with Crippen LogP contribution in [0.4, 0.5) is 0 Å². The molecule has 0 aliphatic rings. The van der Waals surface area contributed by atoms with Gasteiger partial charge in [0.15, 0.2) is 6.10 Å². The predicted molar refractivity (Wildman–Crippen MR) is 90.8 cm³/mol.